The molecule has 2 atom stereocenters. The summed E-state index contributed by atoms with van der Waals surface area (Å²) in [6.45, 7) is 3.73. The molecule has 64 valence electrons. The number of carbonyl (C=O) groups excluding carboxylic acids is 1. The number of hydrogen-bond acceptors (Lipinski definition) is 3. The number of hydrogen-bond donors (Lipinski definition) is 1. The molecule has 1 fully saturated rings. The largest absolute Gasteiger partial charge is 0.469 e. The lowest BCUT2D eigenvalue weighted by atomic mass is 9.64. The third-order valence-electron chi connectivity index (χ3n) is 2.68. The van der Waals surface area contributed by atoms with E-state index in [4.69, 9.17) is 0 Å². The van der Waals surface area contributed by atoms with Crippen molar-refractivity contribution in [3.8, 4) is 0 Å². The minimum Gasteiger partial charge on any atom is -0.469 e. The SMILES string of the molecule is COC(=O)C1C(C)C(O)C1C. The average Bonchev–Trinajstić information content (AvgIpc) is 2.04. The third-order valence-corrected chi connectivity index (χ3v) is 2.68. The maximum atomic E-state index is 11.0. The van der Waals surface area contributed by atoms with E-state index in [0.29, 0.717) is 0 Å². The second kappa shape index (κ2) is 2.81. The van der Waals surface area contributed by atoms with Gasteiger partial charge in [-0.15, -0.1) is 0 Å². The zero-order valence-electron chi connectivity index (χ0n) is 7.07. The first kappa shape index (κ1) is 8.53. The van der Waals surface area contributed by atoms with Crippen LogP contribution in [0.5, 0.6) is 0 Å². The Labute approximate surface area is 66.4 Å². The van der Waals surface area contributed by atoms with Gasteiger partial charge in [-0.1, -0.05) is 13.8 Å². The smallest absolute Gasteiger partial charge is 0.309 e. The third kappa shape index (κ3) is 1.13. The van der Waals surface area contributed by atoms with Crippen LogP contribution >= 0.6 is 0 Å². The average molecular weight is 158 g/mol. The van der Waals surface area contributed by atoms with Crippen LogP contribution in [0.1, 0.15) is 13.8 Å². The van der Waals surface area contributed by atoms with Crippen molar-refractivity contribution < 1.29 is 14.6 Å². The predicted molar refractivity (Wildman–Crippen MR) is 39.8 cm³/mol. The topological polar surface area (TPSA) is 46.5 Å². The van der Waals surface area contributed by atoms with Gasteiger partial charge in [-0.3, -0.25) is 4.79 Å². The molecule has 1 aliphatic rings. The quantitative estimate of drug-likeness (QED) is 0.563. The fraction of sp³-hybridized carbons (Fsp3) is 0.875. The summed E-state index contributed by atoms with van der Waals surface area (Å²) < 4.78 is 4.59. The molecule has 3 heteroatoms. The highest BCUT2D eigenvalue weighted by atomic mass is 16.5. The maximum Gasteiger partial charge on any atom is 0.309 e. The highest BCUT2D eigenvalue weighted by Gasteiger charge is 2.48. The molecule has 1 N–H and O–H groups in total. The fourth-order valence-electron chi connectivity index (χ4n) is 1.80. The van der Waals surface area contributed by atoms with E-state index in [1.165, 1.54) is 7.11 Å². The first-order valence-electron chi connectivity index (χ1n) is 3.85. The number of aliphatic hydroxyl groups excluding tert-OH is 1. The fourth-order valence-corrected chi connectivity index (χ4v) is 1.80. The number of esters is 1. The van der Waals surface area contributed by atoms with Crippen LogP contribution in [0.3, 0.4) is 0 Å². The highest BCUT2D eigenvalue weighted by Crippen LogP contribution is 2.40. The Morgan fingerprint density at radius 3 is 2.18 bits per heavy atom. The summed E-state index contributed by atoms with van der Waals surface area (Å²) in [6.07, 6.45) is -0.334. The summed E-state index contributed by atoms with van der Waals surface area (Å²) in [4.78, 5) is 11.0. The molecule has 1 aliphatic carbocycles. The van der Waals surface area contributed by atoms with Gasteiger partial charge in [0.25, 0.3) is 0 Å². The Hall–Kier alpha value is -0.570. The molecule has 0 saturated heterocycles. The van der Waals surface area contributed by atoms with Crippen molar-refractivity contribution in [2.75, 3.05) is 7.11 Å². The second-order valence-corrected chi connectivity index (χ2v) is 3.26. The van der Waals surface area contributed by atoms with Crippen molar-refractivity contribution in [3.63, 3.8) is 0 Å². The van der Waals surface area contributed by atoms with Crippen LogP contribution in [0, 0.1) is 17.8 Å². The van der Waals surface area contributed by atoms with Gasteiger partial charge in [0, 0.05) is 0 Å². The molecule has 0 heterocycles. The van der Waals surface area contributed by atoms with Crippen molar-refractivity contribution in [2.24, 2.45) is 17.8 Å². The molecule has 0 aliphatic heterocycles. The molecule has 3 nitrogen and oxygen atoms in total. The second-order valence-electron chi connectivity index (χ2n) is 3.26. The van der Waals surface area contributed by atoms with Crippen LogP contribution in [-0.4, -0.2) is 24.3 Å². The summed E-state index contributed by atoms with van der Waals surface area (Å²) in [5.74, 6) is -0.194. The van der Waals surface area contributed by atoms with Crippen LogP contribution in [0.2, 0.25) is 0 Å². The Morgan fingerprint density at radius 2 is 1.82 bits per heavy atom. The van der Waals surface area contributed by atoms with Gasteiger partial charge >= 0.3 is 5.97 Å². The molecule has 0 radical (unpaired) electrons. The van der Waals surface area contributed by atoms with E-state index in [1.54, 1.807) is 0 Å². The molecule has 1 rings (SSSR count). The molecule has 1 saturated carbocycles. The van der Waals surface area contributed by atoms with Crippen molar-refractivity contribution in [2.45, 2.75) is 20.0 Å². The zero-order valence-corrected chi connectivity index (χ0v) is 7.07. The van der Waals surface area contributed by atoms with Gasteiger partial charge in [-0.05, 0) is 11.8 Å². The normalized spacial score (nSPS) is 42.9. The van der Waals surface area contributed by atoms with Gasteiger partial charge in [0.05, 0.1) is 19.1 Å². The molecule has 0 aromatic rings. The summed E-state index contributed by atoms with van der Waals surface area (Å²) in [6, 6.07) is 0. The standard InChI is InChI=1S/C8H14O3/c1-4-6(8(10)11-3)5(2)7(4)9/h4-7,9H,1-3H3. The summed E-state index contributed by atoms with van der Waals surface area (Å²) in [5.41, 5.74) is 0. The Kier molecular flexibility index (Phi) is 2.18. The van der Waals surface area contributed by atoms with E-state index >= 15 is 0 Å². The van der Waals surface area contributed by atoms with Crippen LogP contribution in [0.25, 0.3) is 0 Å². The Balaban J connectivity index is 2.55. The molecule has 0 aromatic carbocycles. The number of ether oxygens (including phenoxy) is 1. The van der Waals surface area contributed by atoms with Crippen LogP contribution in [-0.2, 0) is 9.53 Å². The van der Waals surface area contributed by atoms with E-state index in [-0.39, 0.29) is 29.8 Å². The molecule has 0 aromatic heterocycles. The van der Waals surface area contributed by atoms with Gasteiger partial charge in [0.1, 0.15) is 0 Å². The van der Waals surface area contributed by atoms with Gasteiger partial charge < -0.3 is 9.84 Å². The van der Waals surface area contributed by atoms with E-state index < -0.39 is 0 Å². The molecule has 0 spiro atoms. The van der Waals surface area contributed by atoms with Gasteiger partial charge in [0.2, 0.25) is 0 Å². The van der Waals surface area contributed by atoms with Crippen molar-refractivity contribution >= 4 is 5.97 Å². The summed E-state index contributed by atoms with van der Waals surface area (Å²) >= 11 is 0. The maximum absolute atomic E-state index is 11.0. The number of carbonyl (C=O) groups is 1. The molecule has 0 bridgehead atoms. The van der Waals surface area contributed by atoms with Crippen molar-refractivity contribution in [1.82, 2.24) is 0 Å². The van der Waals surface area contributed by atoms with E-state index in [1.807, 2.05) is 13.8 Å². The Morgan fingerprint density at radius 1 is 1.36 bits per heavy atom. The lowest BCUT2D eigenvalue weighted by Crippen LogP contribution is -2.52. The molecule has 11 heavy (non-hydrogen) atoms. The first-order chi connectivity index (χ1) is 5.09. The molecule has 0 amide bonds. The lowest BCUT2D eigenvalue weighted by Gasteiger charge is -2.43. The van der Waals surface area contributed by atoms with Crippen LogP contribution in [0.4, 0.5) is 0 Å². The molecular weight excluding hydrogens is 144 g/mol. The van der Waals surface area contributed by atoms with Crippen molar-refractivity contribution in [1.29, 1.82) is 0 Å². The molecular formula is C8H14O3. The van der Waals surface area contributed by atoms with Crippen LogP contribution in [0.15, 0.2) is 0 Å². The summed E-state index contributed by atoms with van der Waals surface area (Å²) in [7, 11) is 1.38. The number of rotatable bonds is 1. The van der Waals surface area contributed by atoms with Gasteiger partial charge in [0.15, 0.2) is 0 Å². The van der Waals surface area contributed by atoms with Gasteiger partial charge in [-0.2, -0.15) is 0 Å². The highest BCUT2D eigenvalue weighted by molar-refractivity contribution is 5.74. The van der Waals surface area contributed by atoms with E-state index in [0.717, 1.165) is 0 Å². The Bertz CT molecular complexity index is 157. The monoisotopic (exact) mass is 158 g/mol. The lowest BCUT2D eigenvalue weighted by molar-refractivity contribution is -0.168. The minimum atomic E-state index is -0.334. The zero-order chi connectivity index (χ0) is 8.59. The van der Waals surface area contributed by atoms with Crippen LogP contribution < -0.4 is 0 Å². The number of methoxy groups -OCH3 is 1. The van der Waals surface area contributed by atoms with E-state index in [9.17, 15) is 9.90 Å². The van der Waals surface area contributed by atoms with Gasteiger partial charge in [-0.25, -0.2) is 0 Å². The molecule has 2 unspecified atom stereocenters. The number of aliphatic hydroxyl groups is 1. The van der Waals surface area contributed by atoms with Crippen molar-refractivity contribution in [3.05, 3.63) is 0 Å². The van der Waals surface area contributed by atoms with E-state index in [2.05, 4.69) is 4.74 Å². The minimum absolute atomic E-state index is 0.0532. The predicted octanol–water partition coefficient (Wildman–Crippen LogP) is 0.422. The summed E-state index contributed by atoms with van der Waals surface area (Å²) in [5, 5.41) is 9.29. The first-order valence-corrected chi connectivity index (χ1v) is 3.85.